The molecule has 10 nitrogen and oxygen atoms in total. The Morgan fingerprint density at radius 1 is 0.213 bits per heavy atom. The van der Waals surface area contributed by atoms with Gasteiger partial charge in [0.2, 0.25) is 0 Å². The van der Waals surface area contributed by atoms with Crippen LogP contribution in [0.1, 0.15) is 0 Å². The summed E-state index contributed by atoms with van der Waals surface area (Å²) in [6, 6.07) is 131. The van der Waals surface area contributed by atoms with E-state index in [0.717, 1.165) is 177 Å². The van der Waals surface area contributed by atoms with Crippen molar-refractivity contribution in [2.75, 3.05) is 9.80 Å². The van der Waals surface area contributed by atoms with Gasteiger partial charge in [0, 0.05) is 108 Å². The van der Waals surface area contributed by atoms with Crippen LogP contribution in [0.15, 0.2) is 389 Å². The molecule has 0 radical (unpaired) electrons. The summed E-state index contributed by atoms with van der Waals surface area (Å²) in [7, 11) is 0. The van der Waals surface area contributed by atoms with E-state index in [1.165, 1.54) is 0 Å². The highest BCUT2D eigenvalue weighted by atomic mass is 15.2. The molecule has 0 atom stereocenters. The molecule has 8 heterocycles. The zero-order valence-electron chi connectivity index (χ0n) is 58.4. The Kier molecular flexibility index (Phi) is 14.7. The van der Waals surface area contributed by atoms with Crippen molar-refractivity contribution in [3.63, 3.8) is 0 Å². The molecule has 506 valence electrons. The molecule has 0 saturated heterocycles. The fourth-order valence-corrected chi connectivity index (χ4v) is 16.6. The third-order valence-electron chi connectivity index (χ3n) is 21.4. The van der Waals surface area contributed by atoms with Gasteiger partial charge in [0.05, 0.1) is 33.1 Å². The van der Waals surface area contributed by atoms with E-state index in [-0.39, 0.29) is 0 Å². The van der Waals surface area contributed by atoms with Gasteiger partial charge in [-0.1, -0.05) is 206 Å². The van der Waals surface area contributed by atoms with Gasteiger partial charge in [0.1, 0.15) is 22.7 Å². The quantitative estimate of drug-likeness (QED) is 0.108. The van der Waals surface area contributed by atoms with Crippen LogP contribution in [0.5, 0.6) is 0 Å². The molecule has 0 aliphatic rings. The van der Waals surface area contributed by atoms with Crippen molar-refractivity contribution < 1.29 is 0 Å². The van der Waals surface area contributed by atoms with Crippen LogP contribution in [-0.2, 0) is 0 Å². The summed E-state index contributed by atoms with van der Waals surface area (Å²) in [6.07, 6.45) is 7.62. The van der Waals surface area contributed by atoms with Crippen LogP contribution < -0.4 is 9.80 Å². The van der Waals surface area contributed by atoms with Gasteiger partial charge in [-0.15, -0.1) is 0 Å². The van der Waals surface area contributed by atoms with Crippen molar-refractivity contribution in [2.24, 2.45) is 0 Å². The van der Waals surface area contributed by atoms with Crippen LogP contribution in [0.3, 0.4) is 0 Å². The Morgan fingerprint density at radius 3 is 0.935 bits per heavy atom. The topological polar surface area (TPSA) is 77.8 Å². The van der Waals surface area contributed by atoms with Crippen LogP contribution in [0, 0.1) is 0 Å². The average molecular weight is 1380 g/mol. The van der Waals surface area contributed by atoms with E-state index < -0.39 is 0 Å². The Bertz CT molecular complexity index is 6460. The van der Waals surface area contributed by atoms with Gasteiger partial charge >= 0.3 is 0 Å². The van der Waals surface area contributed by atoms with E-state index in [1.807, 2.05) is 36.9 Å². The van der Waals surface area contributed by atoms with Gasteiger partial charge in [0.25, 0.3) is 0 Å². The van der Waals surface area contributed by atoms with Crippen LogP contribution in [0.4, 0.5) is 34.1 Å². The zero-order valence-corrected chi connectivity index (χ0v) is 58.4. The van der Waals surface area contributed by atoms with Crippen LogP contribution in [0.2, 0.25) is 0 Å². The SMILES string of the molecule is c1ccc(N(c2ccccc2)c2ccc(-c3ccc4c(c3)c3ccccc3n4-c3nc(-n4c5ccccc5c5cc(-c6ccc(N(c7ccccc7)c7ccccc7)cc6)ccc54)c(-n4c5ccccc5c5cccnc54)c(-c4ccccc4-c4ccncc4)c3-n3c4ccccc4c4cccnc43)cc2)cc1. The first-order chi connectivity index (χ1) is 53.6. The van der Waals surface area contributed by atoms with Gasteiger partial charge in [-0.05, 0) is 197 Å². The fraction of sp³-hybridized carbons (Fsp3) is 0. The van der Waals surface area contributed by atoms with Crippen molar-refractivity contribution in [3.8, 4) is 67.5 Å². The molecule has 0 spiro atoms. The van der Waals surface area contributed by atoms with E-state index in [1.54, 1.807) is 0 Å². The first-order valence-corrected chi connectivity index (χ1v) is 36.5. The van der Waals surface area contributed by atoms with Crippen LogP contribution in [-0.4, -0.2) is 38.2 Å². The Hall–Kier alpha value is -14.7. The second-order valence-corrected chi connectivity index (χ2v) is 27.3. The Morgan fingerprint density at radius 2 is 0.528 bits per heavy atom. The van der Waals surface area contributed by atoms with Crippen molar-refractivity contribution in [3.05, 3.63) is 389 Å². The molecule has 108 heavy (non-hydrogen) atoms. The lowest BCUT2D eigenvalue weighted by atomic mass is 9.92. The monoisotopic (exact) mass is 1380 g/mol. The minimum atomic E-state index is 0.697. The lowest BCUT2D eigenvalue weighted by Gasteiger charge is -2.27. The highest BCUT2D eigenvalue weighted by molar-refractivity contribution is 6.16. The van der Waals surface area contributed by atoms with E-state index in [4.69, 9.17) is 15.0 Å². The van der Waals surface area contributed by atoms with Crippen molar-refractivity contribution in [2.45, 2.75) is 0 Å². The molecule has 0 unspecified atom stereocenters. The number of hydrogen-bond acceptors (Lipinski definition) is 6. The number of rotatable bonds is 14. The van der Waals surface area contributed by atoms with E-state index in [9.17, 15) is 0 Å². The van der Waals surface area contributed by atoms with Crippen molar-refractivity contribution in [1.29, 1.82) is 0 Å². The largest absolute Gasteiger partial charge is 0.311 e. The lowest BCUT2D eigenvalue weighted by molar-refractivity contribution is 0.955. The standard InChI is InChI=1S/C98H64N10/c1-5-25-70(26-6-1)103(71-27-7-2-8-28-71)74-51-45-65(46-52-74)68-49-55-90-84(63-68)79-36-17-19-41-86(79)105(90)97-93(107-88-43-21-15-34-77(88)82-39-23-59-100-95(82)107)92(81-38-14-13-33-76(81)67-57-61-99-62-58-67)94(108-89-44-22-16-35-78(89)83-40-24-60-101-96(83)108)98(102-97)106-87-42-20-18-37-80(87)85-64-69(50-56-91(85)106)66-47-53-75(54-48-66)104(72-29-9-3-10-30-72)73-31-11-4-12-32-73/h1-64H. The summed E-state index contributed by atoms with van der Waals surface area (Å²) in [5, 5.41) is 8.49. The number of para-hydroxylation sites is 8. The molecule has 0 aliphatic heterocycles. The van der Waals surface area contributed by atoms with Crippen LogP contribution in [0.25, 0.3) is 155 Å². The molecule has 13 aromatic carbocycles. The first-order valence-electron chi connectivity index (χ1n) is 36.5. The highest BCUT2D eigenvalue weighted by Crippen LogP contribution is 2.51. The summed E-state index contributed by atoms with van der Waals surface area (Å²) in [4.78, 5) is 26.8. The van der Waals surface area contributed by atoms with Gasteiger partial charge in [-0.3, -0.25) is 23.3 Å². The maximum atomic E-state index is 6.61. The van der Waals surface area contributed by atoms with E-state index in [0.29, 0.717) is 11.6 Å². The number of hydrogen-bond donors (Lipinski definition) is 0. The Balaban J connectivity index is 0.883. The lowest BCUT2D eigenvalue weighted by Crippen LogP contribution is -2.16. The summed E-state index contributed by atoms with van der Waals surface area (Å²) >= 11 is 0. The summed E-state index contributed by atoms with van der Waals surface area (Å²) in [5.74, 6) is 1.39. The number of nitrogens with zero attached hydrogens (tertiary/aromatic N) is 10. The molecular weight excluding hydrogens is 1320 g/mol. The minimum absolute atomic E-state index is 0.697. The second-order valence-electron chi connectivity index (χ2n) is 27.3. The minimum Gasteiger partial charge on any atom is -0.311 e. The molecule has 10 heteroatoms. The molecular formula is C98H64N10. The van der Waals surface area contributed by atoms with E-state index >= 15 is 0 Å². The van der Waals surface area contributed by atoms with Gasteiger partial charge in [-0.25, -0.2) is 15.0 Å². The summed E-state index contributed by atoms with van der Waals surface area (Å²) in [5.41, 5.74) is 23.9. The highest BCUT2D eigenvalue weighted by Gasteiger charge is 2.34. The summed E-state index contributed by atoms with van der Waals surface area (Å²) in [6.45, 7) is 0. The smallest absolute Gasteiger partial charge is 0.165 e. The predicted molar refractivity (Wildman–Crippen MR) is 446 cm³/mol. The molecule has 0 aliphatic carbocycles. The Labute approximate surface area is 622 Å². The molecule has 8 aromatic heterocycles. The third-order valence-corrected chi connectivity index (χ3v) is 21.4. The normalized spacial score (nSPS) is 11.7. The molecule has 0 saturated carbocycles. The van der Waals surface area contributed by atoms with Crippen LogP contribution >= 0.6 is 0 Å². The molecule has 21 rings (SSSR count). The number of aromatic nitrogens is 8. The van der Waals surface area contributed by atoms with E-state index in [2.05, 4.69) is 385 Å². The van der Waals surface area contributed by atoms with Crippen molar-refractivity contribution in [1.82, 2.24) is 38.2 Å². The number of pyridine rings is 4. The number of benzene rings is 13. The molecule has 21 aromatic rings. The number of fused-ring (bicyclic) bond motifs is 12. The van der Waals surface area contributed by atoms with Crippen molar-refractivity contribution >= 4 is 122 Å². The predicted octanol–water partition coefficient (Wildman–Crippen LogP) is 25.3. The average Bonchev–Trinajstić information content (AvgIpc) is 1.50. The molecule has 0 fully saturated rings. The second kappa shape index (κ2) is 25.6. The molecule has 0 bridgehead atoms. The third kappa shape index (κ3) is 10.0. The summed E-state index contributed by atoms with van der Waals surface area (Å²) < 4.78 is 9.65. The number of anilines is 6. The fourth-order valence-electron chi connectivity index (χ4n) is 16.6. The van der Waals surface area contributed by atoms with Gasteiger partial charge in [-0.2, -0.15) is 0 Å². The van der Waals surface area contributed by atoms with Gasteiger partial charge < -0.3 is 9.80 Å². The molecule has 0 N–H and O–H groups in total. The molecule has 0 amide bonds. The maximum absolute atomic E-state index is 6.61. The maximum Gasteiger partial charge on any atom is 0.165 e. The van der Waals surface area contributed by atoms with Gasteiger partial charge in [0.15, 0.2) is 11.6 Å². The zero-order chi connectivity index (χ0) is 71.2. The first kappa shape index (κ1) is 61.9.